The smallest absolute Gasteiger partial charge is 0.330 e. The molecule has 0 aromatic heterocycles. The van der Waals surface area contributed by atoms with Crippen LogP contribution in [-0.4, -0.2) is 12.6 Å². The van der Waals surface area contributed by atoms with Crippen molar-refractivity contribution in [2.45, 2.75) is 77.6 Å². The van der Waals surface area contributed by atoms with Crippen molar-refractivity contribution in [1.82, 2.24) is 0 Å². The molecule has 0 atom stereocenters. The van der Waals surface area contributed by atoms with E-state index in [1.165, 1.54) is 78.0 Å². The summed E-state index contributed by atoms with van der Waals surface area (Å²) >= 11 is 0. The lowest BCUT2D eigenvalue weighted by Gasteiger charge is -2.20. The topological polar surface area (TPSA) is 26.3 Å². The largest absolute Gasteiger partial charge is 0.463 e. The molecule has 0 radical (unpaired) electrons. The number of ether oxygens (including phenoxy) is 1. The number of carbonyl (C=O) groups is 1. The van der Waals surface area contributed by atoms with Gasteiger partial charge in [0.2, 0.25) is 0 Å². The molecular weight excluding hydrogens is 392 g/mol. The second kappa shape index (κ2) is 13.1. The summed E-state index contributed by atoms with van der Waals surface area (Å²) in [6.07, 6.45) is 16.5. The van der Waals surface area contributed by atoms with Crippen LogP contribution in [0.3, 0.4) is 0 Å². The number of carbonyl (C=O) groups excluding carboxylic acids is 1. The molecular formula is C30H38O2. The molecule has 0 N–H and O–H groups in total. The van der Waals surface area contributed by atoms with Gasteiger partial charge in [0.15, 0.2) is 0 Å². The Morgan fingerprint density at radius 2 is 1.72 bits per heavy atom. The third-order valence-corrected chi connectivity index (χ3v) is 6.43. The van der Waals surface area contributed by atoms with Gasteiger partial charge in [0, 0.05) is 6.08 Å². The van der Waals surface area contributed by atoms with Crippen molar-refractivity contribution >= 4 is 17.6 Å². The van der Waals surface area contributed by atoms with Crippen molar-refractivity contribution in [1.29, 1.82) is 0 Å². The van der Waals surface area contributed by atoms with Gasteiger partial charge in [0.25, 0.3) is 0 Å². The van der Waals surface area contributed by atoms with Gasteiger partial charge in [0.1, 0.15) is 0 Å². The molecule has 0 amide bonds. The molecule has 32 heavy (non-hydrogen) atoms. The van der Waals surface area contributed by atoms with Crippen LogP contribution in [0.1, 0.15) is 86.1 Å². The third kappa shape index (κ3) is 7.22. The molecule has 0 aliphatic heterocycles. The predicted octanol–water partition coefficient (Wildman–Crippen LogP) is 7.74. The fraction of sp³-hybridized carbons (Fsp3) is 0.433. The average Bonchev–Trinajstić information content (AvgIpc) is 2.83. The number of fused-ring (bicyclic) bond motifs is 1. The van der Waals surface area contributed by atoms with Gasteiger partial charge in [-0.1, -0.05) is 87.7 Å². The van der Waals surface area contributed by atoms with Crippen LogP contribution in [-0.2, 0) is 28.8 Å². The van der Waals surface area contributed by atoms with Crippen LogP contribution in [0.4, 0.5) is 0 Å². The number of hydrogen-bond acceptors (Lipinski definition) is 2. The summed E-state index contributed by atoms with van der Waals surface area (Å²) in [5.41, 5.74) is 8.73. The fourth-order valence-corrected chi connectivity index (χ4v) is 4.54. The van der Waals surface area contributed by atoms with Gasteiger partial charge in [0.05, 0.1) is 6.61 Å². The summed E-state index contributed by atoms with van der Waals surface area (Å²) in [6.45, 7) is 6.17. The fourth-order valence-electron chi connectivity index (χ4n) is 4.54. The Labute approximate surface area is 194 Å². The van der Waals surface area contributed by atoms with Crippen molar-refractivity contribution in [3.05, 3.63) is 82.9 Å². The van der Waals surface area contributed by atoms with Crippen LogP contribution in [0.2, 0.25) is 0 Å². The highest BCUT2D eigenvalue weighted by molar-refractivity contribution is 5.84. The number of esters is 1. The van der Waals surface area contributed by atoms with Crippen molar-refractivity contribution in [2.24, 2.45) is 0 Å². The summed E-state index contributed by atoms with van der Waals surface area (Å²) in [6, 6.07) is 16.0. The van der Waals surface area contributed by atoms with E-state index in [0.717, 1.165) is 32.1 Å². The zero-order valence-corrected chi connectivity index (χ0v) is 19.7. The van der Waals surface area contributed by atoms with E-state index < -0.39 is 0 Å². The highest BCUT2D eigenvalue weighted by Gasteiger charge is 2.15. The third-order valence-electron chi connectivity index (χ3n) is 6.43. The first-order chi connectivity index (χ1) is 15.7. The van der Waals surface area contributed by atoms with Crippen molar-refractivity contribution in [3.63, 3.8) is 0 Å². The van der Waals surface area contributed by atoms with Crippen LogP contribution in [0.5, 0.6) is 0 Å². The summed E-state index contributed by atoms with van der Waals surface area (Å²) in [4.78, 5) is 11.1. The lowest BCUT2D eigenvalue weighted by molar-refractivity contribution is -0.137. The minimum Gasteiger partial charge on any atom is -0.463 e. The van der Waals surface area contributed by atoms with Crippen molar-refractivity contribution in [3.8, 4) is 0 Å². The van der Waals surface area contributed by atoms with Gasteiger partial charge in [-0.15, -0.1) is 0 Å². The number of hydrogen-bond donors (Lipinski definition) is 0. The highest BCUT2D eigenvalue weighted by atomic mass is 16.5. The van der Waals surface area contributed by atoms with E-state index in [1.54, 1.807) is 0 Å². The van der Waals surface area contributed by atoms with E-state index >= 15 is 0 Å². The molecule has 2 nitrogen and oxygen atoms in total. The monoisotopic (exact) mass is 430 g/mol. The Hall–Kier alpha value is -2.61. The molecule has 2 aromatic carbocycles. The molecule has 3 rings (SSSR count). The first kappa shape index (κ1) is 24.0. The van der Waals surface area contributed by atoms with Crippen LogP contribution in [0, 0.1) is 0 Å². The summed E-state index contributed by atoms with van der Waals surface area (Å²) in [5, 5.41) is 0. The van der Waals surface area contributed by atoms with Gasteiger partial charge >= 0.3 is 5.97 Å². The molecule has 2 aromatic rings. The normalized spacial score (nSPS) is 12.7. The Kier molecular flexibility index (Phi) is 9.81. The van der Waals surface area contributed by atoms with Crippen molar-refractivity contribution < 1.29 is 9.53 Å². The van der Waals surface area contributed by atoms with Gasteiger partial charge in [-0.2, -0.15) is 0 Å². The Morgan fingerprint density at radius 1 is 0.938 bits per heavy atom. The van der Waals surface area contributed by atoms with E-state index in [-0.39, 0.29) is 5.97 Å². The molecule has 0 spiro atoms. The molecule has 1 aliphatic rings. The second-order valence-corrected chi connectivity index (χ2v) is 8.84. The summed E-state index contributed by atoms with van der Waals surface area (Å²) in [5.74, 6) is -0.323. The summed E-state index contributed by atoms with van der Waals surface area (Å²) < 4.78 is 5.04. The van der Waals surface area contributed by atoms with E-state index in [0.29, 0.717) is 6.61 Å². The molecule has 0 saturated heterocycles. The Balaban J connectivity index is 1.52. The molecule has 170 valence electrons. The maximum absolute atomic E-state index is 11.1. The van der Waals surface area contributed by atoms with Crippen LogP contribution >= 0.6 is 0 Å². The van der Waals surface area contributed by atoms with E-state index in [2.05, 4.69) is 62.0 Å². The number of unbranched alkanes of at least 4 members (excludes halogenated alkanes) is 5. The Morgan fingerprint density at radius 3 is 2.50 bits per heavy atom. The minimum absolute atomic E-state index is 0.323. The predicted molar refractivity (Wildman–Crippen MR) is 136 cm³/mol. The summed E-state index contributed by atoms with van der Waals surface area (Å²) in [7, 11) is 0. The van der Waals surface area contributed by atoms with Crippen LogP contribution in [0.15, 0.2) is 55.1 Å². The minimum atomic E-state index is -0.323. The van der Waals surface area contributed by atoms with E-state index in [1.807, 2.05) is 0 Å². The molecule has 2 heteroatoms. The lowest BCUT2D eigenvalue weighted by Crippen LogP contribution is -2.04. The van der Waals surface area contributed by atoms with Crippen LogP contribution in [0.25, 0.3) is 11.6 Å². The zero-order valence-electron chi connectivity index (χ0n) is 19.7. The highest BCUT2D eigenvalue weighted by Crippen LogP contribution is 2.33. The molecule has 0 saturated carbocycles. The quantitative estimate of drug-likeness (QED) is 0.184. The first-order valence-electron chi connectivity index (χ1n) is 12.4. The van der Waals surface area contributed by atoms with Gasteiger partial charge in [-0.3, -0.25) is 0 Å². The number of allylic oxidation sites excluding steroid dienone is 1. The second-order valence-electron chi connectivity index (χ2n) is 8.84. The molecule has 0 heterocycles. The molecule has 0 fully saturated rings. The van der Waals surface area contributed by atoms with E-state index in [4.69, 9.17) is 4.74 Å². The maximum Gasteiger partial charge on any atom is 0.330 e. The number of aryl methyl sites for hydroxylation is 2. The molecule has 0 bridgehead atoms. The Bertz CT molecular complexity index is 905. The SMILES string of the molecule is C=CC(=O)OCCCCCCc1cccc2c1CCC(c1ccc(CCCCC)cc1)=C2. The van der Waals surface area contributed by atoms with Gasteiger partial charge < -0.3 is 4.74 Å². The lowest BCUT2D eigenvalue weighted by atomic mass is 9.85. The van der Waals surface area contributed by atoms with Crippen LogP contribution < -0.4 is 0 Å². The zero-order chi connectivity index (χ0) is 22.6. The number of rotatable bonds is 13. The molecule has 1 aliphatic carbocycles. The number of benzene rings is 2. The van der Waals surface area contributed by atoms with Gasteiger partial charge in [-0.05, 0) is 78.3 Å². The average molecular weight is 431 g/mol. The molecule has 0 unspecified atom stereocenters. The maximum atomic E-state index is 11.1. The van der Waals surface area contributed by atoms with Crippen molar-refractivity contribution in [2.75, 3.05) is 6.61 Å². The first-order valence-corrected chi connectivity index (χ1v) is 12.4. The standard InChI is InChI=1S/C30H38O2/c1-3-5-8-12-24-16-18-25(19-17-24)27-20-21-29-26(14-11-15-28(29)23-27)13-9-6-7-10-22-32-30(31)4-2/h4,11,14-19,23H,2-3,5-10,12-13,20-22H2,1H3. The van der Waals surface area contributed by atoms with Gasteiger partial charge in [-0.25, -0.2) is 4.79 Å². The van der Waals surface area contributed by atoms with E-state index in [9.17, 15) is 4.79 Å².